The highest BCUT2D eigenvalue weighted by molar-refractivity contribution is 6.05. The summed E-state index contributed by atoms with van der Waals surface area (Å²) in [6.07, 6.45) is 2.41. The topological polar surface area (TPSA) is 88.0 Å². The maximum Gasteiger partial charge on any atom is 0.293 e. The molecule has 2 saturated heterocycles. The molecular formula is C21H24N4O4. The number of nitrogens with one attached hydrogen (secondary N) is 1. The Morgan fingerprint density at radius 2 is 1.66 bits per heavy atom. The number of amides is 1. The van der Waals surface area contributed by atoms with Crippen LogP contribution in [0.3, 0.4) is 0 Å². The first-order valence-electron chi connectivity index (χ1n) is 9.89. The molecule has 29 heavy (non-hydrogen) atoms. The Bertz CT molecular complexity index is 888. The van der Waals surface area contributed by atoms with Crippen LogP contribution in [0.1, 0.15) is 23.2 Å². The summed E-state index contributed by atoms with van der Waals surface area (Å²) in [5.41, 5.74) is 2.52. The van der Waals surface area contributed by atoms with E-state index in [9.17, 15) is 14.9 Å². The molecule has 2 heterocycles. The minimum absolute atomic E-state index is 0.0658. The Hall–Kier alpha value is -3.13. The number of nitrogens with zero attached hydrogens (tertiary/aromatic N) is 3. The number of rotatable bonds is 5. The molecule has 0 unspecified atom stereocenters. The number of nitro groups is 1. The summed E-state index contributed by atoms with van der Waals surface area (Å²) in [5, 5.41) is 14.4. The highest BCUT2D eigenvalue weighted by Gasteiger charge is 2.23. The Morgan fingerprint density at radius 1 is 0.966 bits per heavy atom. The fraction of sp³-hybridized carbons (Fsp3) is 0.381. The molecule has 8 heteroatoms. The molecule has 4 rings (SSSR count). The van der Waals surface area contributed by atoms with E-state index >= 15 is 0 Å². The van der Waals surface area contributed by atoms with E-state index in [0.29, 0.717) is 37.7 Å². The summed E-state index contributed by atoms with van der Waals surface area (Å²) < 4.78 is 5.31. The molecule has 0 saturated carbocycles. The third-order valence-electron chi connectivity index (χ3n) is 5.38. The van der Waals surface area contributed by atoms with Crippen LogP contribution in [-0.4, -0.2) is 50.2 Å². The van der Waals surface area contributed by atoms with Crippen LogP contribution < -0.4 is 15.1 Å². The number of carbonyl (C=O) groups excluding carboxylic acids is 1. The monoisotopic (exact) mass is 396 g/mol. The number of morpholine rings is 1. The first-order chi connectivity index (χ1) is 14.1. The maximum absolute atomic E-state index is 12.6. The van der Waals surface area contributed by atoms with E-state index in [1.54, 1.807) is 12.1 Å². The number of nitro benzene ring substituents is 1. The van der Waals surface area contributed by atoms with Crippen LogP contribution in [0.4, 0.5) is 22.7 Å². The summed E-state index contributed by atoms with van der Waals surface area (Å²) in [4.78, 5) is 28.0. The number of carbonyl (C=O) groups is 1. The van der Waals surface area contributed by atoms with Crippen molar-refractivity contribution in [3.05, 3.63) is 58.1 Å². The quantitative estimate of drug-likeness (QED) is 0.616. The molecule has 1 N–H and O–H groups in total. The van der Waals surface area contributed by atoms with Gasteiger partial charge in [0.05, 0.1) is 18.1 Å². The molecule has 8 nitrogen and oxygen atoms in total. The van der Waals surface area contributed by atoms with Crippen molar-refractivity contribution in [1.29, 1.82) is 0 Å². The van der Waals surface area contributed by atoms with Gasteiger partial charge in [0.15, 0.2) is 0 Å². The van der Waals surface area contributed by atoms with Gasteiger partial charge >= 0.3 is 0 Å². The van der Waals surface area contributed by atoms with Crippen LogP contribution >= 0.6 is 0 Å². The van der Waals surface area contributed by atoms with Gasteiger partial charge < -0.3 is 19.9 Å². The highest BCUT2D eigenvalue weighted by atomic mass is 16.6. The molecule has 152 valence electrons. The van der Waals surface area contributed by atoms with Gasteiger partial charge in [-0.25, -0.2) is 0 Å². The fourth-order valence-electron chi connectivity index (χ4n) is 3.82. The van der Waals surface area contributed by atoms with E-state index in [0.717, 1.165) is 18.8 Å². The van der Waals surface area contributed by atoms with Gasteiger partial charge in [-0.3, -0.25) is 14.9 Å². The van der Waals surface area contributed by atoms with Gasteiger partial charge in [-0.2, -0.15) is 0 Å². The summed E-state index contributed by atoms with van der Waals surface area (Å²) in [6.45, 7) is 4.38. The number of hydrogen-bond acceptors (Lipinski definition) is 6. The molecule has 2 fully saturated rings. The SMILES string of the molecule is O=C(Nc1ccc(N2CCCC2)cc1)c1ccc(N2CCOCC2)c([N+](=O)[O-])c1. The molecule has 2 aliphatic rings. The molecule has 0 radical (unpaired) electrons. The zero-order chi connectivity index (χ0) is 20.2. The highest BCUT2D eigenvalue weighted by Crippen LogP contribution is 2.30. The van der Waals surface area contributed by atoms with Gasteiger partial charge in [-0.15, -0.1) is 0 Å². The van der Waals surface area contributed by atoms with Crippen molar-refractivity contribution in [3.8, 4) is 0 Å². The van der Waals surface area contributed by atoms with Gasteiger partial charge in [0.2, 0.25) is 0 Å². The molecule has 0 spiro atoms. The Kier molecular flexibility index (Phi) is 5.62. The van der Waals surface area contributed by atoms with Gasteiger partial charge in [0.1, 0.15) is 5.69 Å². The van der Waals surface area contributed by atoms with Crippen LogP contribution in [-0.2, 0) is 4.74 Å². The molecule has 0 atom stereocenters. The van der Waals surface area contributed by atoms with E-state index in [-0.39, 0.29) is 17.2 Å². The van der Waals surface area contributed by atoms with E-state index in [2.05, 4.69) is 10.2 Å². The van der Waals surface area contributed by atoms with E-state index in [4.69, 9.17) is 4.74 Å². The van der Waals surface area contributed by atoms with Crippen molar-refractivity contribution in [2.24, 2.45) is 0 Å². The van der Waals surface area contributed by atoms with Gasteiger partial charge in [0.25, 0.3) is 11.6 Å². The predicted molar refractivity (Wildman–Crippen MR) is 112 cm³/mol. The van der Waals surface area contributed by atoms with Crippen molar-refractivity contribution in [2.45, 2.75) is 12.8 Å². The maximum atomic E-state index is 12.6. The van der Waals surface area contributed by atoms with Crippen molar-refractivity contribution < 1.29 is 14.5 Å². The minimum atomic E-state index is -0.438. The summed E-state index contributed by atoms with van der Waals surface area (Å²) in [7, 11) is 0. The standard InChI is InChI=1S/C21H24N4O4/c26-21(22-17-4-6-18(7-5-17)23-9-1-2-10-23)16-3-8-19(20(15-16)25(27)28)24-11-13-29-14-12-24/h3-8,15H,1-2,9-14H2,(H,22,26). The molecule has 2 aromatic carbocycles. The summed E-state index contributed by atoms with van der Waals surface area (Å²) in [6, 6.07) is 12.3. The normalized spacial score (nSPS) is 16.7. The fourth-order valence-corrected chi connectivity index (χ4v) is 3.82. The lowest BCUT2D eigenvalue weighted by Crippen LogP contribution is -2.36. The van der Waals surface area contributed by atoms with Crippen LogP contribution in [0.5, 0.6) is 0 Å². The molecule has 0 aromatic heterocycles. The lowest BCUT2D eigenvalue weighted by atomic mass is 10.1. The smallest absolute Gasteiger partial charge is 0.293 e. The van der Waals surface area contributed by atoms with Crippen molar-refractivity contribution in [1.82, 2.24) is 0 Å². The molecule has 0 aliphatic carbocycles. The van der Waals surface area contributed by atoms with Gasteiger partial charge in [0, 0.05) is 49.2 Å². The van der Waals surface area contributed by atoms with Gasteiger partial charge in [-0.1, -0.05) is 0 Å². The average molecular weight is 396 g/mol. The van der Waals surface area contributed by atoms with Crippen LogP contribution in [0, 0.1) is 10.1 Å². The zero-order valence-electron chi connectivity index (χ0n) is 16.2. The molecule has 0 bridgehead atoms. The summed E-state index contributed by atoms with van der Waals surface area (Å²) in [5.74, 6) is -0.365. The lowest BCUT2D eigenvalue weighted by Gasteiger charge is -2.28. The summed E-state index contributed by atoms with van der Waals surface area (Å²) >= 11 is 0. The van der Waals surface area contributed by atoms with Crippen molar-refractivity contribution in [3.63, 3.8) is 0 Å². The van der Waals surface area contributed by atoms with E-state index in [1.165, 1.54) is 18.9 Å². The Labute approximate surface area is 169 Å². The van der Waals surface area contributed by atoms with Crippen molar-refractivity contribution in [2.75, 3.05) is 54.5 Å². The molecular weight excluding hydrogens is 372 g/mol. The number of hydrogen-bond donors (Lipinski definition) is 1. The Balaban J connectivity index is 1.49. The second-order valence-corrected chi connectivity index (χ2v) is 7.26. The van der Waals surface area contributed by atoms with Crippen LogP contribution in [0.2, 0.25) is 0 Å². The first kappa shape index (κ1) is 19.2. The largest absolute Gasteiger partial charge is 0.378 e. The predicted octanol–water partition coefficient (Wildman–Crippen LogP) is 3.28. The minimum Gasteiger partial charge on any atom is -0.378 e. The number of benzene rings is 2. The van der Waals surface area contributed by atoms with Gasteiger partial charge in [-0.05, 0) is 49.2 Å². The lowest BCUT2D eigenvalue weighted by molar-refractivity contribution is -0.384. The van der Waals surface area contributed by atoms with E-state index in [1.807, 2.05) is 29.2 Å². The second kappa shape index (κ2) is 8.48. The number of anilines is 3. The molecule has 2 aliphatic heterocycles. The molecule has 2 aromatic rings. The third-order valence-corrected chi connectivity index (χ3v) is 5.38. The van der Waals surface area contributed by atoms with Crippen molar-refractivity contribution >= 4 is 28.7 Å². The second-order valence-electron chi connectivity index (χ2n) is 7.26. The number of ether oxygens (including phenoxy) is 1. The zero-order valence-corrected chi connectivity index (χ0v) is 16.2. The third kappa shape index (κ3) is 4.32. The first-order valence-corrected chi connectivity index (χ1v) is 9.89. The van der Waals surface area contributed by atoms with Crippen LogP contribution in [0.15, 0.2) is 42.5 Å². The average Bonchev–Trinajstić information content (AvgIpc) is 3.29. The Morgan fingerprint density at radius 3 is 2.31 bits per heavy atom. The van der Waals surface area contributed by atoms with E-state index < -0.39 is 4.92 Å². The molecule has 1 amide bonds. The van der Waals surface area contributed by atoms with Crippen LogP contribution in [0.25, 0.3) is 0 Å².